The summed E-state index contributed by atoms with van der Waals surface area (Å²) in [5.41, 5.74) is 3.96. The summed E-state index contributed by atoms with van der Waals surface area (Å²) in [6.07, 6.45) is 2.28. The fraction of sp³-hybridized carbons (Fsp3) is 0.250. The van der Waals surface area contributed by atoms with E-state index in [1.54, 1.807) is 11.8 Å². The molecule has 0 atom stereocenters. The van der Waals surface area contributed by atoms with E-state index < -0.39 is 0 Å². The maximum atomic E-state index is 9.73. The van der Waals surface area contributed by atoms with Crippen molar-refractivity contribution in [1.29, 1.82) is 5.26 Å². The van der Waals surface area contributed by atoms with Gasteiger partial charge < -0.3 is 4.18 Å². The van der Waals surface area contributed by atoms with E-state index in [1.165, 1.54) is 21.8 Å². The molecule has 2 nitrogen and oxygen atoms in total. The van der Waals surface area contributed by atoms with Crippen LogP contribution in [0.1, 0.15) is 30.9 Å². The van der Waals surface area contributed by atoms with Crippen LogP contribution in [0.4, 0.5) is 0 Å². The van der Waals surface area contributed by atoms with Gasteiger partial charge in [-0.3, -0.25) is 0 Å². The summed E-state index contributed by atoms with van der Waals surface area (Å²) in [7, 11) is 0. The minimum Gasteiger partial charge on any atom is -0.310 e. The summed E-state index contributed by atoms with van der Waals surface area (Å²) < 4.78 is 5.70. The first-order valence-corrected chi connectivity index (χ1v) is 9.82. The quantitative estimate of drug-likeness (QED) is 0.312. The number of nitrogens with zero attached hydrogens (tertiary/aromatic N) is 1. The van der Waals surface area contributed by atoms with E-state index in [0.717, 1.165) is 35.3 Å². The first-order chi connectivity index (χ1) is 11.8. The monoisotopic (exact) mass is 353 g/mol. The zero-order valence-electron chi connectivity index (χ0n) is 13.6. The van der Waals surface area contributed by atoms with Gasteiger partial charge in [-0.25, -0.2) is 0 Å². The Morgan fingerprint density at radius 3 is 2.29 bits per heavy atom. The number of unbranched alkanes of at least 4 members (excludes halogenated alkanes) is 1. The number of hydrogen-bond acceptors (Lipinski definition) is 4. The molecule has 2 aromatic rings. The lowest BCUT2D eigenvalue weighted by Gasteiger charge is -2.23. The Bertz CT molecular complexity index is 745. The molecule has 0 bridgehead atoms. The van der Waals surface area contributed by atoms with Crippen LogP contribution in [-0.4, -0.2) is 12.4 Å². The first-order valence-electron chi connectivity index (χ1n) is 8.09. The standard InChI is InChI=1S/C20H19NOS2/c1-2-3-12-23-22-14-15(13-21)20-16-8-4-6-10-18(16)24-19-11-7-5-9-17(19)20/h4-11H,2-3,12,14H2,1H3. The second-order valence-electron chi connectivity index (χ2n) is 5.50. The normalized spacial score (nSPS) is 12.2. The van der Waals surface area contributed by atoms with Crippen LogP contribution in [0.2, 0.25) is 0 Å². The van der Waals surface area contributed by atoms with E-state index >= 15 is 0 Å². The molecule has 24 heavy (non-hydrogen) atoms. The maximum absolute atomic E-state index is 9.73. The van der Waals surface area contributed by atoms with Crippen molar-refractivity contribution < 1.29 is 4.18 Å². The van der Waals surface area contributed by atoms with Gasteiger partial charge in [0.1, 0.15) is 0 Å². The third kappa shape index (κ3) is 3.70. The van der Waals surface area contributed by atoms with Crippen molar-refractivity contribution in [2.24, 2.45) is 0 Å². The molecule has 122 valence electrons. The zero-order valence-corrected chi connectivity index (χ0v) is 15.3. The molecule has 1 aliphatic heterocycles. The minimum atomic E-state index is 0.341. The fourth-order valence-electron chi connectivity index (χ4n) is 2.64. The molecule has 0 saturated carbocycles. The SMILES string of the molecule is CCCCSOCC(C#N)=C1c2ccccc2Sc2ccccc21. The molecule has 2 aromatic carbocycles. The molecule has 4 heteroatoms. The summed E-state index contributed by atoms with van der Waals surface area (Å²) in [6, 6.07) is 18.9. The lowest BCUT2D eigenvalue weighted by atomic mass is 9.93. The maximum Gasteiger partial charge on any atom is 0.0979 e. The van der Waals surface area contributed by atoms with E-state index in [2.05, 4.69) is 37.3 Å². The van der Waals surface area contributed by atoms with Crippen LogP contribution >= 0.6 is 23.8 Å². The molecule has 0 aliphatic carbocycles. The lowest BCUT2D eigenvalue weighted by molar-refractivity contribution is 0.421. The topological polar surface area (TPSA) is 33.0 Å². The minimum absolute atomic E-state index is 0.341. The van der Waals surface area contributed by atoms with Crippen LogP contribution in [0, 0.1) is 11.3 Å². The van der Waals surface area contributed by atoms with Gasteiger partial charge in [-0.1, -0.05) is 61.5 Å². The van der Waals surface area contributed by atoms with Crippen molar-refractivity contribution in [2.75, 3.05) is 12.4 Å². The van der Waals surface area contributed by atoms with E-state index in [1.807, 2.05) is 24.3 Å². The third-order valence-electron chi connectivity index (χ3n) is 3.84. The summed E-state index contributed by atoms with van der Waals surface area (Å²) in [5, 5.41) is 9.73. The largest absolute Gasteiger partial charge is 0.310 e. The number of fused-ring (bicyclic) bond motifs is 2. The van der Waals surface area contributed by atoms with Crippen molar-refractivity contribution in [2.45, 2.75) is 29.6 Å². The lowest BCUT2D eigenvalue weighted by Crippen LogP contribution is -2.04. The summed E-state index contributed by atoms with van der Waals surface area (Å²) >= 11 is 3.22. The average molecular weight is 354 g/mol. The first kappa shape index (κ1) is 17.2. The van der Waals surface area contributed by atoms with Crippen molar-refractivity contribution >= 4 is 29.4 Å². The number of benzene rings is 2. The molecule has 0 spiro atoms. The van der Waals surface area contributed by atoms with Crippen LogP contribution < -0.4 is 0 Å². The van der Waals surface area contributed by atoms with Gasteiger partial charge in [0, 0.05) is 21.1 Å². The summed E-state index contributed by atoms with van der Waals surface area (Å²) in [6.45, 7) is 2.50. The second-order valence-corrected chi connectivity index (χ2v) is 7.46. The van der Waals surface area contributed by atoms with E-state index in [0.29, 0.717) is 12.2 Å². The van der Waals surface area contributed by atoms with Crippen molar-refractivity contribution in [1.82, 2.24) is 0 Å². The average Bonchev–Trinajstić information content (AvgIpc) is 2.63. The van der Waals surface area contributed by atoms with Gasteiger partial charge in [0.05, 0.1) is 18.2 Å². The molecule has 1 heterocycles. The Kier molecular flexibility index (Phi) is 6.03. The zero-order chi connectivity index (χ0) is 16.8. The second kappa shape index (κ2) is 8.43. The number of rotatable bonds is 6. The van der Waals surface area contributed by atoms with Crippen LogP contribution in [0.5, 0.6) is 0 Å². The van der Waals surface area contributed by atoms with E-state index in [9.17, 15) is 5.26 Å². The Balaban J connectivity index is 1.96. The highest BCUT2D eigenvalue weighted by atomic mass is 32.2. The highest BCUT2D eigenvalue weighted by Crippen LogP contribution is 2.46. The number of nitriles is 1. The Labute approximate surface area is 152 Å². The molecule has 0 aromatic heterocycles. The van der Waals surface area contributed by atoms with Crippen LogP contribution in [0.15, 0.2) is 63.9 Å². The number of hydrogen-bond donors (Lipinski definition) is 0. The van der Waals surface area contributed by atoms with E-state index in [4.69, 9.17) is 4.18 Å². The van der Waals surface area contributed by atoms with Gasteiger partial charge in [-0.2, -0.15) is 5.26 Å². The van der Waals surface area contributed by atoms with Crippen molar-refractivity contribution in [3.63, 3.8) is 0 Å². The van der Waals surface area contributed by atoms with Crippen molar-refractivity contribution in [3.8, 4) is 6.07 Å². The fourth-order valence-corrected chi connectivity index (χ4v) is 4.45. The van der Waals surface area contributed by atoms with E-state index in [-0.39, 0.29) is 0 Å². The molecule has 0 radical (unpaired) electrons. The summed E-state index contributed by atoms with van der Waals surface area (Å²) in [5.74, 6) is 0.966. The third-order valence-corrected chi connectivity index (χ3v) is 5.73. The van der Waals surface area contributed by atoms with Gasteiger partial charge in [0.2, 0.25) is 0 Å². The van der Waals surface area contributed by atoms with Gasteiger partial charge in [-0.05, 0) is 41.7 Å². The Morgan fingerprint density at radius 1 is 1.08 bits per heavy atom. The van der Waals surface area contributed by atoms with Gasteiger partial charge in [0.15, 0.2) is 0 Å². The van der Waals surface area contributed by atoms with Gasteiger partial charge in [0.25, 0.3) is 0 Å². The Morgan fingerprint density at radius 2 is 1.71 bits per heavy atom. The van der Waals surface area contributed by atoms with Gasteiger partial charge >= 0.3 is 0 Å². The molecular formula is C20H19NOS2. The molecule has 0 saturated heterocycles. The predicted octanol–water partition coefficient (Wildman–Crippen LogP) is 5.94. The smallest absolute Gasteiger partial charge is 0.0979 e. The Hall–Kier alpha value is -1.67. The summed E-state index contributed by atoms with van der Waals surface area (Å²) in [4.78, 5) is 2.38. The molecule has 3 rings (SSSR count). The van der Waals surface area contributed by atoms with Crippen LogP contribution in [-0.2, 0) is 4.18 Å². The van der Waals surface area contributed by atoms with Gasteiger partial charge in [-0.15, -0.1) is 0 Å². The highest BCUT2D eigenvalue weighted by Gasteiger charge is 2.23. The molecular weight excluding hydrogens is 334 g/mol. The van der Waals surface area contributed by atoms with Crippen LogP contribution in [0.25, 0.3) is 5.57 Å². The molecule has 1 aliphatic rings. The molecule has 0 fully saturated rings. The van der Waals surface area contributed by atoms with Crippen LogP contribution in [0.3, 0.4) is 0 Å². The molecule has 0 amide bonds. The predicted molar refractivity (Wildman–Crippen MR) is 102 cm³/mol. The molecule has 0 N–H and O–H groups in total. The van der Waals surface area contributed by atoms with Crippen molar-refractivity contribution in [3.05, 3.63) is 65.2 Å². The molecule has 0 unspecified atom stereocenters. The highest BCUT2D eigenvalue weighted by molar-refractivity contribution is 7.99.